The van der Waals surface area contributed by atoms with Gasteiger partial charge in [-0.15, -0.1) is 0 Å². The van der Waals surface area contributed by atoms with Gasteiger partial charge < -0.3 is 5.73 Å². The molecule has 0 spiro atoms. The van der Waals surface area contributed by atoms with Crippen LogP contribution in [0.15, 0.2) is 18.2 Å². The molecule has 19 heavy (non-hydrogen) atoms. The van der Waals surface area contributed by atoms with Gasteiger partial charge in [0, 0.05) is 19.1 Å². The molecular formula is C15H22ClFN2. The van der Waals surface area contributed by atoms with Crippen LogP contribution in [0.25, 0.3) is 0 Å². The molecule has 0 bridgehead atoms. The van der Waals surface area contributed by atoms with Gasteiger partial charge in [0.1, 0.15) is 5.82 Å². The highest BCUT2D eigenvalue weighted by molar-refractivity contribution is 6.30. The van der Waals surface area contributed by atoms with Gasteiger partial charge in [-0.2, -0.15) is 0 Å². The highest BCUT2D eigenvalue weighted by atomic mass is 35.5. The van der Waals surface area contributed by atoms with Crippen LogP contribution in [-0.2, 0) is 6.54 Å². The van der Waals surface area contributed by atoms with E-state index in [9.17, 15) is 4.39 Å². The van der Waals surface area contributed by atoms with Crippen molar-refractivity contribution in [1.29, 1.82) is 0 Å². The Morgan fingerprint density at radius 1 is 1.47 bits per heavy atom. The molecule has 0 saturated carbocycles. The summed E-state index contributed by atoms with van der Waals surface area (Å²) < 4.78 is 13.5. The van der Waals surface area contributed by atoms with Crippen molar-refractivity contribution in [2.45, 2.75) is 38.8 Å². The first-order valence-corrected chi connectivity index (χ1v) is 7.39. The Balaban J connectivity index is 2.03. The van der Waals surface area contributed by atoms with Gasteiger partial charge in [-0.05, 0) is 43.0 Å². The van der Waals surface area contributed by atoms with Crippen LogP contribution in [0.2, 0.25) is 5.02 Å². The highest BCUT2D eigenvalue weighted by Crippen LogP contribution is 2.26. The lowest BCUT2D eigenvalue weighted by atomic mass is 9.88. The van der Waals surface area contributed by atoms with Gasteiger partial charge in [-0.25, -0.2) is 4.39 Å². The molecule has 1 aromatic carbocycles. The van der Waals surface area contributed by atoms with E-state index in [1.54, 1.807) is 6.07 Å². The minimum atomic E-state index is -0.341. The zero-order valence-electron chi connectivity index (χ0n) is 11.4. The number of hydrogen-bond donors (Lipinski definition) is 1. The minimum Gasteiger partial charge on any atom is -0.329 e. The number of rotatable bonds is 4. The van der Waals surface area contributed by atoms with Crippen molar-refractivity contribution in [3.05, 3.63) is 34.6 Å². The van der Waals surface area contributed by atoms with Crippen LogP contribution in [0.5, 0.6) is 0 Å². The summed E-state index contributed by atoms with van der Waals surface area (Å²) in [7, 11) is 0. The molecule has 1 saturated heterocycles. The summed E-state index contributed by atoms with van der Waals surface area (Å²) in [5.74, 6) is 0.443. The number of hydrogen-bond acceptors (Lipinski definition) is 2. The van der Waals surface area contributed by atoms with Crippen LogP contribution >= 0.6 is 11.6 Å². The zero-order valence-corrected chi connectivity index (χ0v) is 12.2. The second-order valence-electron chi connectivity index (χ2n) is 5.41. The summed E-state index contributed by atoms with van der Waals surface area (Å²) in [5.41, 5.74) is 6.85. The molecule has 0 radical (unpaired) electrons. The number of likely N-dealkylation sites (tertiary alicyclic amines) is 1. The van der Waals surface area contributed by atoms with E-state index in [2.05, 4.69) is 11.8 Å². The predicted molar refractivity (Wildman–Crippen MR) is 77.7 cm³/mol. The van der Waals surface area contributed by atoms with Crippen molar-refractivity contribution in [3.8, 4) is 0 Å². The van der Waals surface area contributed by atoms with Gasteiger partial charge in [0.2, 0.25) is 0 Å². The van der Waals surface area contributed by atoms with Crippen molar-refractivity contribution in [2.24, 2.45) is 11.7 Å². The van der Waals surface area contributed by atoms with Crippen LogP contribution in [0.4, 0.5) is 4.39 Å². The van der Waals surface area contributed by atoms with Crippen LogP contribution in [0, 0.1) is 11.7 Å². The van der Waals surface area contributed by atoms with Gasteiger partial charge in [-0.3, -0.25) is 4.90 Å². The molecule has 2 nitrogen and oxygen atoms in total. The number of nitrogens with two attached hydrogens (primary N) is 1. The third-order valence-corrected chi connectivity index (χ3v) is 4.47. The smallest absolute Gasteiger partial charge is 0.142 e. The van der Waals surface area contributed by atoms with E-state index in [4.69, 9.17) is 17.3 Å². The van der Waals surface area contributed by atoms with Gasteiger partial charge in [0.15, 0.2) is 0 Å². The lowest BCUT2D eigenvalue weighted by Gasteiger charge is -2.38. The Morgan fingerprint density at radius 3 is 2.89 bits per heavy atom. The van der Waals surface area contributed by atoms with E-state index in [0.717, 1.165) is 31.0 Å². The van der Waals surface area contributed by atoms with E-state index >= 15 is 0 Å². The molecule has 2 N–H and O–H groups in total. The topological polar surface area (TPSA) is 29.3 Å². The Bertz CT molecular complexity index is 425. The summed E-state index contributed by atoms with van der Waals surface area (Å²) >= 11 is 5.71. The van der Waals surface area contributed by atoms with E-state index in [1.165, 1.54) is 18.9 Å². The molecule has 4 heteroatoms. The maximum atomic E-state index is 13.5. The maximum Gasteiger partial charge on any atom is 0.142 e. The largest absolute Gasteiger partial charge is 0.329 e. The molecule has 1 heterocycles. The second kappa shape index (κ2) is 6.69. The fourth-order valence-corrected chi connectivity index (χ4v) is 3.00. The third-order valence-electron chi connectivity index (χ3n) is 4.17. The summed E-state index contributed by atoms with van der Waals surface area (Å²) in [6, 6.07) is 5.47. The predicted octanol–water partition coefficient (Wildman–Crippen LogP) is 3.43. The molecule has 106 valence electrons. The lowest BCUT2D eigenvalue weighted by Crippen LogP contribution is -2.46. The summed E-state index contributed by atoms with van der Waals surface area (Å²) in [6.07, 6.45) is 3.59. The highest BCUT2D eigenvalue weighted by Gasteiger charge is 2.26. The summed E-state index contributed by atoms with van der Waals surface area (Å²) in [4.78, 5) is 2.37. The first-order chi connectivity index (χ1) is 9.13. The zero-order chi connectivity index (χ0) is 13.8. The average molecular weight is 285 g/mol. The Morgan fingerprint density at radius 2 is 2.26 bits per heavy atom. The lowest BCUT2D eigenvalue weighted by molar-refractivity contribution is 0.107. The molecule has 1 fully saturated rings. The van der Waals surface area contributed by atoms with Crippen LogP contribution < -0.4 is 5.73 Å². The van der Waals surface area contributed by atoms with Gasteiger partial charge in [-0.1, -0.05) is 31.0 Å². The van der Waals surface area contributed by atoms with Crippen molar-refractivity contribution < 1.29 is 4.39 Å². The fourth-order valence-electron chi connectivity index (χ4n) is 2.88. The number of piperidine rings is 1. The van der Waals surface area contributed by atoms with Crippen LogP contribution in [0.1, 0.15) is 31.7 Å². The molecule has 0 aliphatic carbocycles. The van der Waals surface area contributed by atoms with E-state index < -0.39 is 0 Å². The SMILES string of the molecule is CCC1CCN(Cc2ccc(Cl)c(F)c2)C(CN)C1. The number of halogens is 2. The van der Waals surface area contributed by atoms with E-state index in [-0.39, 0.29) is 10.8 Å². The van der Waals surface area contributed by atoms with E-state index in [0.29, 0.717) is 12.6 Å². The van der Waals surface area contributed by atoms with Crippen LogP contribution in [-0.4, -0.2) is 24.0 Å². The molecule has 2 unspecified atom stereocenters. The molecule has 0 aromatic heterocycles. The monoisotopic (exact) mass is 284 g/mol. The fraction of sp³-hybridized carbons (Fsp3) is 0.600. The van der Waals surface area contributed by atoms with Gasteiger partial charge in [0.05, 0.1) is 5.02 Å². The molecule has 0 amide bonds. The minimum absolute atomic E-state index is 0.184. The first-order valence-electron chi connectivity index (χ1n) is 7.02. The van der Waals surface area contributed by atoms with Crippen molar-refractivity contribution in [1.82, 2.24) is 4.90 Å². The van der Waals surface area contributed by atoms with Crippen LogP contribution in [0.3, 0.4) is 0 Å². The molecule has 1 aliphatic rings. The molecule has 1 aromatic rings. The first kappa shape index (κ1) is 14.8. The quantitative estimate of drug-likeness (QED) is 0.918. The maximum absolute atomic E-state index is 13.5. The average Bonchev–Trinajstić information content (AvgIpc) is 2.43. The molecule has 2 atom stereocenters. The van der Waals surface area contributed by atoms with Gasteiger partial charge >= 0.3 is 0 Å². The standard InChI is InChI=1S/C15H22ClFN2/c1-2-11-5-6-19(13(7-11)9-18)10-12-3-4-14(16)15(17)8-12/h3-4,8,11,13H,2,5-7,9-10,18H2,1H3. The van der Waals surface area contributed by atoms with Crippen molar-refractivity contribution >= 4 is 11.6 Å². The number of nitrogens with zero attached hydrogens (tertiary/aromatic N) is 1. The summed E-state index contributed by atoms with van der Waals surface area (Å²) in [5, 5.41) is 0.184. The molecule has 2 rings (SSSR count). The Labute approximate surface area is 119 Å². The van der Waals surface area contributed by atoms with Crippen molar-refractivity contribution in [3.63, 3.8) is 0 Å². The normalized spacial score (nSPS) is 24.6. The van der Waals surface area contributed by atoms with E-state index in [1.807, 2.05) is 6.07 Å². The van der Waals surface area contributed by atoms with Gasteiger partial charge in [0.25, 0.3) is 0 Å². The molecular weight excluding hydrogens is 263 g/mol. The molecule has 1 aliphatic heterocycles. The van der Waals surface area contributed by atoms with Crippen molar-refractivity contribution in [2.75, 3.05) is 13.1 Å². The Kier molecular flexibility index (Phi) is 5.20. The Hall–Kier alpha value is -0.640. The third kappa shape index (κ3) is 3.68. The second-order valence-corrected chi connectivity index (χ2v) is 5.81. The summed E-state index contributed by atoms with van der Waals surface area (Å²) in [6.45, 7) is 4.71. The number of benzene rings is 1.